The maximum atomic E-state index is 7.16. The monoisotopic (exact) mass is 225 g/mol. The Bertz CT molecular complexity index is 319. The van der Waals surface area contributed by atoms with Crippen LogP contribution in [0.3, 0.4) is 0 Å². The maximum absolute atomic E-state index is 7.16. The second-order valence-corrected chi connectivity index (χ2v) is 4.99. The highest BCUT2D eigenvalue weighted by molar-refractivity contribution is 7.11. The van der Waals surface area contributed by atoms with Crippen molar-refractivity contribution >= 4 is 17.2 Å². The van der Waals surface area contributed by atoms with Crippen LogP contribution in [-0.2, 0) is 13.0 Å². The Kier molecular flexibility index (Phi) is 4.78. The van der Waals surface area contributed by atoms with Gasteiger partial charge in [-0.05, 0) is 25.6 Å². The van der Waals surface area contributed by atoms with Crippen LogP contribution in [0.4, 0.5) is 0 Å². The van der Waals surface area contributed by atoms with Crippen LogP contribution in [0.25, 0.3) is 0 Å². The highest BCUT2D eigenvalue weighted by atomic mass is 32.1. The Labute approximate surface area is 95.4 Å². The Hall–Kier alpha value is -0.870. The van der Waals surface area contributed by atoms with Gasteiger partial charge in [-0.2, -0.15) is 0 Å². The number of hydrogen-bond acceptors (Lipinski definition) is 3. The number of nitrogens with one attached hydrogen (secondary N) is 1. The van der Waals surface area contributed by atoms with Crippen LogP contribution in [0.5, 0.6) is 0 Å². The zero-order valence-corrected chi connectivity index (χ0v) is 10.2. The Balaban J connectivity index is 2.36. The van der Waals surface area contributed by atoms with Gasteiger partial charge in [-0.15, -0.1) is 11.3 Å². The van der Waals surface area contributed by atoms with Crippen molar-refractivity contribution in [3.8, 4) is 0 Å². The minimum Gasteiger partial charge on any atom is -0.388 e. The van der Waals surface area contributed by atoms with Gasteiger partial charge in [-0.1, -0.05) is 6.92 Å². The van der Waals surface area contributed by atoms with Crippen LogP contribution < -0.4 is 5.73 Å². The summed E-state index contributed by atoms with van der Waals surface area (Å²) in [5.41, 5.74) is 5.32. The lowest BCUT2D eigenvalue weighted by Gasteiger charge is -2.14. The molecule has 1 aromatic heterocycles. The Morgan fingerprint density at radius 2 is 2.13 bits per heavy atom. The summed E-state index contributed by atoms with van der Waals surface area (Å²) in [6.45, 7) is 3.99. The van der Waals surface area contributed by atoms with Gasteiger partial charge in [0.15, 0.2) is 0 Å². The molecule has 1 aromatic rings. The van der Waals surface area contributed by atoms with Crippen molar-refractivity contribution in [1.82, 2.24) is 4.90 Å². The molecule has 4 heteroatoms. The molecule has 0 spiro atoms. The van der Waals surface area contributed by atoms with E-state index in [4.69, 9.17) is 11.1 Å². The van der Waals surface area contributed by atoms with Crippen LogP contribution in [-0.4, -0.2) is 24.3 Å². The van der Waals surface area contributed by atoms with E-state index in [1.54, 1.807) is 0 Å². The summed E-state index contributed by atoms with van der Waals surface area (Å²) in [6.07, 6.45) is 1.77. The second kappa shape index (κ2) is 5.88. The number of thiophene rings is 1. The number of hydrogen-bond donors (Lipinski definition) is 2. The van der Waals surface area contributed by atoms with Crippen LogP contribution >= 0.6 is 11.3 Å². The average molecular weight is 225 g/mol. The molecule has 0 fully saturated rings. The van der Waals surface area contributed by atoms with E-state index in [1.165, 1.54) is 9.75 Å². The van der Waals surface area contributed by atoms with E-state index in [0.29, 0.717) is 6.42 Å². The van der Waals surface area contributed by atoms with Gasteiger partial charge < -0.3 is 10.6 Å². The molecule has 0 unspecified atom stereocenters. The number of nitrogens with zero attached hydrogens (tertiary/aromatic N) is 1. The van der Waals surface area contributed by atoms with Gasteiger partial charge in [0, 0.05) is 29.3 Å². The zero-order chi connectivity index (χ0) is 11.3. The molecule has 1 rings (SSSR count). The van der Waals surface area contributed by atoms with Crippen LogP contribution in [0.2, 0.25) is 0 Å². The van der Waals surface area contributed by atoms with Crippen LogP contribution in [0.15, 0.2) is 12.1 Å². The summed E-state index contributed by atoms with van der Waals surface area (Å²) in [6, 6.07) is 4.38. The summed E-state index contributed by atoms with van der Waals surface area (Å²) in [7, 11) is 2.06. The lowest BCUT2D eigenvalue weighted by atomic mass is 10.3. The molecule has 84 valence electrons. The summed E-state index contributed by atoms with van der Waals surface area (Å²) in [4.78, 5) is 5.02. The van der Waals surface area contributed by atoms with E-state index in [-0.39, 0.29) is 5.84 Å². The van der Waals surface area contributed by atoms with Crippen LogP contribution in [0, 0.1) is 5.41 Å². The molecular weight excluding hydrogens is 206 g/mol. The lowest BCUT2D eigenvalue weighted by Crippen LogP contribution is -2.23. The van der Waals surface area contributed by atoms with Gasteiger partial charge in [-0.3, -0.25) is 5.41 Å². The predicted octanol–water partition coefficient (Wildman–Crippen LogP) is 2.07. The van der Waals surface area contributed by atoms with Crippen molar-refractivity contribution in [1.29, 1.82) is 5.41 Å². The van der Waals surface area contributed by atoms with E-state index < -0.39 is 0 Å². The third kappa shape index (κ3) is 4.44. The first kappa shape index (κ1) is 12.2. The summed E-state index contributed by atoms with van der Waals surface area (Å²) in [5.74, 6) is 0.266. The van der Waals surface area contributed by atoms with E-state index in [0.717, 1.165) is 19.5 Å². The molecule has 3 N–H and O–H groups in total. The molecule has 0 aliphatic carbocycles. The Morgan fingerprint density at radius 1 is 1.47 bits per heavy atom. The molecule has 15 heavy (non-hydrogen) atoms. The highest BCUT2D eigenvalue weighted by Gasteiger charge is 2.03. The molecule has 0 saturated carbocycles. The predicted molar refractivity (Wildman–Crippen MR) is 66.6 cm³/mol. The van der Waals surface area contributed by atoms with Gasteiger partial charge in [0.2, 0.25) is 0 Å². The fourth-order valence-corrected chi connectivity index (χ4v) is 2.39. The zero-order valence-electron chi connectivity index (χ0n) is 9.42. The Morgan fingerprint density at radius 3 is 2.67 bits per heavy atom. The molecule has 0 amide bonds. The number of nitrogens with two attached hydrogens (primary N) is 1. The SMILES string of the molecule is CCc1ccc(CN(C)CCC(=N)N)s1. The first-order chi connectivity index (χ1) is 7.11. The normalized spacial score (nSPS) is 10.9. The standard InChI is InChI=1S/C11H19N3S/c1-3-9-4-5-10(15-9)8-14(2)7-6-11(12)13/h4-5H,3,6-8H2,1-2H3,(H3,12,13). The van der Waals surface area contributed by atoms with Gasteiger partial charge in [0.05, 0.1) is 5.84 Å². The third-order valence-corrected chi connectivity index (χ3v) is 3.47. The van der Waals surface area contributed by atoms with Gasteiger partial charge in [-0.25, -0.2) is 0 Å². The second-order valence-electron chi connectivity index (χ2n) is 3.73. The number of rotatable bonds is 6. The van der Waals surface area contributed by atoms with Gasteiger partial charge in [0.25, 0.3) is 0 Å². The minimum atomic E-state index is 0.266. The topological polar surface area (TPSA) is 53.1 Å². The molecule has 0 atom stereocenters. The molecule has 0 aromatic carbocycles. The maximum Gasteiger partial charge on any atom is 0.0918 e. The molecule has 0 aliphatic heterocycles. The third-order valence-electron chi connectivity index (χ3n) is 2.25. The first-order valence-electron chi connectivity index (χ1n) is 5.21. The van der Waals surface area contributed by atoms with E-state index >= 15 is 0 Å². The molecule has 0 bridgehead atoms. The number of aryl methyl sites for hydroxylation is 1. The van der Waals surface area contributed by atoms with Crippen molar-refractivity contribution in [2.24, 2.45) is 5.73 Å². The molecule has 0 saturated heterocycles. The fraction of sp³-hybridized carbons (Fsp3) is 0.545. The first-order valence-corrected chi connectivity index (χ1v) is 6.02. The number of amidine groups is 1. The van der Waals surface area contributed by atoms with Crippen molar-refractivity contribution in [3.63, 3.8) is 0 Å². The van der Waals surface area contributed by atoms with E-state index in [9.17, 15) is 0 Å². The largest absolute Gasteiger partial charge is 0.388 e. The molecule has 0 radical (unpaired) electrons. The van der Waals surface area contributed by atoms with Crippen LogP contribution in [0.1, 0.15) is 23.1 Å². The molecular formula is C11H19N3S. The highest BCUT2D eigenvalue weighted by Crippen LogP contribution is 2.18. The van der Waals surface area contributed by atoms with Crippen molar-refractivity contribution in [2.45, 2.75) is 26.3 Å². The fourth-order valence-electron chi connectivity index (χ4n) is 1.35. The smallest absolute Gasteiger partial charge is 0.0918 e. The van der Waals surface area contributed by atoms with E-state index in [1.807, 2.05) is 11.3 Å². The summed E-state index contributed by atoms with van der Waals surface area (Å²) in [5, 5.41) is 7.16. The van der Waals surface area contributed by atoms with Gasteiger partial charge >= 0.3 is 0 Å². The molecule has 3 nitrogen and oxygen atoms in total. The summed E-state index contributed by atoms with van der Waals surface area (Å²) < 4.78 is 0. The minimum absolute atomic E-state index is 0.266. The van der Waals surface area contributed by atoms with Crippen molar-refractivity contribution < 1.29 is 0 Å². The van der Waals surface area contributed by atoms with Gasteiger partial charge in [0.1, 0.15) is 0 Å². The summed E-state index contributed by atoms with van der Waals surface area (Å²) >= 11 is 1.87. The quantitative estimate of drug-likeness (QED) is 0.575. The molecule has 1 heterocycles. The lowest BCUT2D eigenvalue weighted by molar-refractivity contribution is 0.339. The van der Waals surface area contributed by atoms with E-state index in [2.05, 4.69) is 31.0 Å². The van der Waals surface area contributed by atoms with Crippen molar-refractivity contribution in [3.05, 3.63) is 21.9 Å². The van der Waals surface area contributed by atoms with Crippen molar-refractivity contribution in [2.75, 3.05) is 13.6 Å². The molecule has 0 aliphatic rings. The average Bonchev–Trinajstić information content (AvgIpc) is 2.62.